The number of nitrogens with zero attached hydrogens (tertiary/aromatic N) is 3. The van der Waals surface area contributed by atoms with Crippen LogP contribution in [0.15, 0.2) is 42.6 Å². The molecule has 4 rings (SSSR count). The summed E-state index contributed by atoms with van der Waals surface area (Å²) in [4.78, 5) is 7.86. The first kappa shape index (κ1) is 12.0. The molecule has 0 saturated carbocycles. The molecule has 0 aliphatic rings. The average molecular weight is 277 g/mol. The molecule has 104 valence electrons. The zero-order valence-electron chi connectivity index (χ0n) is 11.7. The summed E-state index contributed by atoms with van der Waals surface area (Å²) >= 11 is 0. The maximum absolute atomic E-state index is 5.91. The number of anilines is 1. The maximum atomic E-state index is 5.91. The van der Waals surface area contributed by atoms with Crippen LogP contribution < -0.4 is 5.73 Å². The zero-order valence-corrected chi connectivity index (χ0v) is 11.7. The van der Waals surface area contributed by atoms with Crippen LogP contribution in [-0.2, 0) is 6.42 Å². The second-order valence-corrected chi connectivity index (χ2v) is 5.21. The van der Waals surface area contributed by atoms with Gasteiger partial charge in [0.1, 0.15) is 0 Å². The second-order valence-electron chi connectivity index (χ2n) is 5.21. The predicted molar refractivity (Wildman–Crippen MR) is 83.2 cm³/mol. The average Bonchev–Trinajstić information content (AvgIpc) is 3.09. The zero-order chi connectivity index (χ0) is 14.4. The van der Waals surface area contributed by atoms with Gasteiger partial charge in [0, 0.05) is 23.5 Å². The summed E-state index contributed by atoms with van der Waals surface area (Å²) < 4.78 is 1.81. The molecule has 0 radical (unpaired) electrons. The number of aryl methyl sites for hydroxylation is 1. The van der Waals surface area contributed by atoms with Gasteiger partial charge in [0.25, 0.3) is 0 Å². The molecular weight excluding hydrogens is 262 g/mol. The van der Waals surface area contributed by atoms with Gasteiger partial charge in [-0.25, -0.2) is 9.50 Å². The number of H-pyrrole nitrogens is 1. The number of para-hydroxylation sites is 1. The van der Waals surface area contributed by atoms with Crippen molar-refractivity contribution in [2.24, 2.45) is 0 Å². The Hall–Kier alpha value is -2.82. The highest BCUT2D eigenvalue weighted by atomic mass is 15.3. The third kappa shape index (κ3) is 1.86. The highest BCUT2D eigenvalue weighted by Gasteiger charge is 2.10. The smallest absolute Gasteiger partial charge is 0.156 e. The summed E-state index contributed by atoms with van der Waals surface area (Å²) in [6.07, 6.45) is 2.72. The molecule has 0 bridgehead atoms. The number of nitrogens with two attached hydrogens (primary N) is 1. The minimum absolute atomic E-state index is 0.699. The van der Waals surface area contributed by atoms with Gasteiger partial charge < -0.3 is 10.7 Å². The SMILES string of the molecule is Cc1c(N)ccc2nc(Cc3c[nH]c4ccccc34)nn12. The van der Waals surface area contributed by atoms with Crippen molar-refractivity contribution >= 4 is 22.2 Å². The Bertz CT molecular complexity index is 948. The molecule has 0 aliphatic heterocycles. The first-order chi connectivity index (χ1) is 10.2. The van der Waals surface area contributed by atoms with E-state index < -0.39 is 0 Å². The van der Waals surface area contributed by atoms with Crippen LogP contribution in [0.2, 0.25) is 0 Å². The van der Waals surface area contributed by atoms with Crippen LogP contribution >= 0.6 is 0 Å². The van der Waals surface area contributed by atoms with E-state index in [1.165, 1.54) is 10.9 Å². The standard InChI is InChI=1S/C16H15N5/c1-10-13(17)6-7-16-19-15(20-21(10)16)8-11-9-18-14-5-3-2-4-12(11)14/h2-7,9,18H,8,17H2,1H3. The number of aromatic nitrogens is 4. The Morgan fingerprint density at radius 1 is 1.19 bits per heavy atom. The minimum atomic E-state index is 0.699. The van der Waals surface area contributed by atoms with Crippen molar-refractivity contribution in [2.45, 2.75) is 13.3 Å². The molecule has 5 nitrogen and oxygen atoms in total. The molecule has 0 atom stereocenters. The van der Waals surface area contributed by atoms with E-state index in [4.69, 9.17) is 5.73 Å². The van der Waals surface area contributed by atoms with Gasteiger partial charge >= 0.3 is 0 Å². The van der Waals surface area contributed by atoms with Crippen molar-refractivity contribution in [1.82, 2.24) is 19.6 Å². The molecule has 0 amide bonds. The van der Waals surface area contributed by atoms with E-state index in [1.807, 2.05) is 37.4 Å². The lowest BCUT2D eigenvalue weighted by molar-refractivity contribution is 0.874. The monoisotopic (exact) mass is 277 g/mol. The third-order valence-electron chi connectivity index (χ3n) is 3.85. The van der Waals surface area contributed by atoms with Crippen molar-refractivity contribution in [2.75, 3.05) is 5.73 Å². The Labute approximate surface area is 121 Å². The Morgan fingerprint density at radius 2 is 2.05 bits per heavy atom. The minimum Gasteiger partial charge on any atom is -0.397 e. The summed E-state index contributed by atoms with van der Waals surface area (Å²) in [6, 6.07) is 12.0. The van der Waals surface area contributed by atoms with Gasteiger partial charge in [0.2, 0.25) is 0 Å². The predicted octanol–water partition coefficient (Wildman–Crippen LogP) is 2.69. The molecule has 0 unspecified atom stereocenters. The van der Waals surface area contributed by atoms with Gasteiger partial charge in [-0.05, 0) is 30.7 Å². The topological polar surface area (TPSA) is 72.0 Å². The number of hydrogen-bond donors (Lipinski definition) is 2. The molecule has 4 aromatic rings. The van der Waals surface area contributed by atoms with Gasteiger partial charge in [0.05, 0.1) is 11.4 Å². The molecule has 3 aromatic heterocycles. The highest BCUT2D eigenvalue weighted by molar-refractivity contribution is 5.83. The normalized spacial score (nSPS) is 11.5. The first-order valence-electron chi connectivity index (χ1n) is 6.88. The van der Waals surface area contributed by atoms with Crippen molar-refractivity contribution in [1.29, 1.82) is 0 Å². The molecule has 3 N–H and O–H groups in total. The molecule has 5 heteroatoms. The molecule has 0 saturated heterocycles. The summed E-state index contributed by atoms with van der Waals surface area (Å²) in [5.74, 6) is 0.799. The molecule has 0 fully saturated rings. The van der Waals surface area contributed by atoms with Crippen LogP contribution in [0.4, 0.5) is 5.69 Å². The number of nitrogens with one attached hydrogen (secondary N) is 1. The van der Waals surface area contributed by atoms with Gasteiger partial charge in [-0.1, -0.05) is 18.2 Å². The second kappa shape index (κ2) is 4.34. The quantitative estimate of drug-likeness (QED) is 0.591. The summed E-state index contributed by atoms with van der Waals surface area (Å²) in [5, 5.41) is 5.78. The first-order valence-corrected chi connectivity index (χ1v) is 6.88. The Morgan fingerprint density at radius 3 is 2.95 bits per heavy atom. The van der Waals surface area contributed by atoms with Crippen molar-refractivity contribution in [3.8, 4) is 0 Å². The fourth-order valence-corrected chi connectivity index (χ4v) is 2.65. The summed E-state index contributed by atoms with van der Waals surface area (Å²) in [5.41, 5.74) is 10.7. The summed E-state index contributed by atoms with van der Waals surface area (Å²) in [6.45, 7) is 1.95. The number of hydrogen-bond acceptors (Lipinski definition) is 3. The number of benzene rings is 1. The number of fused-ring (bicyclic) bond motifs is 2. The number of pyridine rings is 1. The van der Waals surface area contributed by atoms with Crippen LogP contribution in [0.5, 0.6) is 0 Å². The molecule has 0 aliphatic carbocycles. The fraction of sp³-hybridized carbons (Fsp3) is 0.125. The van der Waals surface area contributed by atoms with Crippen molar-refractivity contribution < 1.29 is 0 Å². The lowest BCUT2D eigenvalue weighted by Gasteiger charge is -2.00. The van der Waals surface area contributed by atoms with Gasteiger partial charge in [-0.15, -0.1) is 0 Å². The lowest BCUT2D eigenvalue weighted by Crippen LogP contribution is -1.99. The van der Waals surface area contributed by atoms with Crippen LogP contribution in [0.25, 0.3) is 16.6 Å². The van der Waals surface area contributed by atoms with Crippen LogP contribution in [0.1, 0.15) is 17.1 Å². The largest absolute Gasteiger partial charge is 0.397 e. The van der Waals surface area contributed by atoms with Crippen LogP contribution in [-0.4, -0.2) is 19.6 Å². The van der Waals surface area contributed by atoms with E-state index in [0.29, 0.717) is 6.42 Å². The van der Waals surface area contributed by atoms with E-state index in [9.17, 15) is 0 Å². The van der Waals surface area contributed by atoms with Crippen molar-refractivity contribution in [3.63, 3.8) is 0 Å². The van der Waals surface area contributed by atoms with E-state index in [-0.39, 0.29) is 0 Å². The van der Waals surface area contributed by atoms with Gasteiger partial charge in [0.15, 0.2) is 11.5 Å². The molecule has 21 heavy (non-hydrogen) atoms. The number of nitrogen functional groups attached to an aromatic ring is 1. The molecular formula is C16H15N5. The fourth-order valence-electron chi connectivity index (χ4n) is 2.65. The van der Waals surface area contributed by atoms with E-state index in [1.54, 1.807) is 4.52 Å². The Balaban J connectivity index is 1.79. The van der Waals surface area contributed by atoms with Crippen molar-refractivity contribution in [3.05, 3.63) is 59.7 Å². The Kier molecular flexibility index (Phi) is 2.47. The van der Waals surface area contributed by atoms with E-state index in [2.05, 4.69) is 27.2 Å². The highest BCUT2D eigenvalue weighted by Crippen LogP contribution is 2.20. The lowest BCUT2D eigenvalue weighted by atomic mass is 10.1. The number of rotatable bonds is 2. The van der Waals surface area contributed by atoms with Gasteiger partial charge in [-0.3, -0.25) is 0 Å². The van der Waals surface area contributed by atoms with Gasteiger partial charge in [-0.2, -0.15) is 5.10 Å². The number of aromatic amines is 1. The van der Waals surface area contributed by atoms with Crippen LogP contribution in [0.3, 0.4) is 0 Å². The third-order valence-corrected chi connectivity index (χ3v) is 3.85. The summed E-state index contributed by atoms with van der Waals surface area (Å²) in [7, 11) is 0. The van der Waals surface area contributed by atoms with Crippen LogP contribution in [0, 0.1) is 6.92 Å². The maximum Gasteiger partial charge on any atom is 0.156 e. The van der Waals surface area contributed by atoms with E-state index in [0.717, 1.165) is 28.4 Å². The molecule has 0 spiro atoms. The molecule has 3 heterocycles. The molecule has 1 aromatic carbocycles. The van der Waals surface area contributed by atoms with E-state index >= 15 is 0 Å².